The Labute approximate surface area is 192 Å². The molecule has 1 fully saturated rings. The number of rotatable bonds is 7. The fraction of sp³-hybridized carbons (Fsp3) is 0.294. The summed E-state index contributed by atoms with van der Waals surface area (Å²) in [6.45, 7) is 0.144. The number of esters is 1. The quantitative estimate of drug-likeness (QED) is 0.129. The van der Waals surface area contributed by atoms with Gasteiger partial charge in [0.25, 0.3) is 11.8 Å². The molecule has 0 bridgehead atoms. The number of cyclic esters (lactones) is 1. The van der Waals surface area contributed by atoms with Crippen LogP contribution in [-0.4, -0.2) is 79.2 Å². The molecule has 4 rings (SSSR count). The first kappa shape index (κ1) is 22.2. The third kappa shape index (κ3) is 4.05. The van der Waals surface area contributed by atoms with Gasteiger partial charge in [-0.3, -0.25) is 14.5 Å². The molecule has 3 aliphatic heterocycles. The summed E-state index contributed by atoms with van der Waals surface area (Å²) in [5.41, 5.74) is 5.58. The minimum absolute atomic E-state index is 0.0570. The van der Waals surface area contributed by atoms with Crippen molar-refractivity contribution in [3.05, 3.63) is 33.3 Å². The number of carbonyl (C=O) groups is 4. The van der Waals surface area contributed by atoms with Crippen molar-refractivity contribution in [3.63, 3.8) is 0 Å². The number of β-lactam (4-membered cyclic amide) rings is 1. The standard InChI is InChI=1S/C17H15N5O7S3/c18-17-19-8(5-32-17)10(21-28)13(24)20-11-14(25)22-12(16(26)27)6(4-31-15(11)22)3-30-7-1-9(23)29-2-7/h1,5,11,15,28H,2-4H2,(H2,18,19)(H,20,24)(H,26,27)/b21-10+/t11-,15-/m1/s1. The van der Waals surface area contributed by atoms with Crippen molar-refractivity contribution in [3.8, 4) is 0 Å². The van der Waals surface area contributed by atoms with Gasteiger partial charge in [-0.1, -0.05) is 5.16 Å². The van der Waals surface area contributed by atoms with E-state index >= 15 is 0 Å². The zero-order valence-electron chi connectivity index (χ0n) is 16.0. The van der Waals surface area contributed by atoms with Crippen molar-refractivity contribution in [2.75, 3.05) is 23.8 Å². The zero-order chi connectivity index (χ0) is 23.0. The molecule has 4 heterocycles. The van der Waals surface area contributed by atoms with E-state index in [4.69, 9.17) is 10.5 Å². The van der Waals surface area contributed by atoms with Gasteiger partial charge in [-0.15, -0.1) is 34.9 Å². The van der Waals surface area contributed by atoms with Gasteiger partial charge in [-0.2, -0.15) is 0 Å². The topological polar surface area (TPSA) is 185 Å². The van der Waals surface area contributed by atoms with Crippen molar-refractivity contribution < 1.29 is 34.2 Å². The van der Waals surface area contributed by atoms with Crippen molar-refractivity contribution in [1.82, 2.24) is 15.2 Å². The average molecular weight is 498 g/mol. The number of thiazole rings is 1. The van der Waals surface area contributed by atoms with Gasteiger partial charge in [-0.05, 0) is 5.57 Å². The molecule has 0 aliphatic carbocycles. The van der Waals surface area contributed by atoms with E-state index in [1.165, 1.54) is 35.0 Å². The number of nitrogens with two attached hydrogens (primary N) is 1. The number of hydrogen-bond acceptors (Lipinski definition) is 12. The molecule has 1 saturated heterocycles. The van der Waals surface area contributed by atoms with Gasteiger partial charge in [0.1, 0.15) is 29.4 Å². The molecule has 0 saturated carbocycles. The molecule has 5 N–H and O–H groups in total. The number of fused-ring (bicyclic) bond motifs is 1. The molecule has 0 spiro atoms. The average Bonchev–Trinajstić information content (AvgIpc) is 3.38. The largest absolute Gasteiger partial charge is 0.477 e. The van der Waals surface area contributed by atoms with Gasteiger partial charge in [0.2, 0.25) is 0 Å². The van der Waals surface area contributed by atoms with Crippen molar-refractivity contribution in [2.45, 2.75) is 11.4 Å². The van der Waals surface area contributed by atoms with E-state index in [0.29, 0.717) is 16.2 Å². The highest BCUT2D eigenvalue weighted by Crippen LogP contribution is 2.41. The van der Waals surface area contributed by atoms with E-state index < -0.39 is 40.9 Å². The molecule has 0 aromatic carbocycles. The number of thioether (sulfide) groups is 2. The number of aromatic nitrogens is 1. The van der Waals surface area contributed by atoms with Crippen molar-refractivity contribution in [1.29, 1.82) is 0 Å². The van der Waals surface area contributed by atoms with Gasteiger partial charge in [0, 0.05) is 27.9 Å². The number of carboxylic acids is 1. The molecule has 12 nitrogen and oxygen atoms in total. The van der Waals surface area contributed by atoms with Crippen LogP contribution in [0.4, 0.5) is 5.13 Å². The van der Waals surface area contributed by atoms with Gasteiger partial charge in [-0.25, -0.2) is 14.6 Å². The fourth-order valence-electron chi connectivity index (χ4n) is 3.23. The highest BCUT2D eigenvalue weighted by atomic mass is 32.2. The molecule has 2 atom stereocenters. The van der Waals surface area contributed by atoms with E-state index in [1.807, 2.05) is 0 Å². The van der Waals surface area contributed by atoms with Crippen LogP contribution in [0.15, 0.2) is 32.8 Å². The number of anilines is 1. The number of nitrogen functional groups attached to an aromatic ring is 1. The summed E-state index contributed by atoms with van der Waals surface area (Å²) < 4.78 is 4.83. The Morgan fingerprint density at radius 3 is 2.81 bits per heavy atom. The van der Waals surface area contributed by atoms with Crippen LogP contribution >= 0.6 is 34.9 Å². The molecule has 0 radical (unpaired) electrons. The van der Waals surface area contributed by atoms with E-state index in [9.17, 15) is 29.5 Å². The number of oxime groups is 1. The molecule has 15 heteroatoms. The number of aliphatic carboxylic acids is 1. The van der Waals surface area contributed by atoms with E-state index in [-0.39, 0.29) is 28.9 Å². The number of carboxylic acid groups (broad SMARTS) is 1. The maximum atomic E-state index is 12.7. The number of carbonyl (C=O) groups excluding carboxylic acids is 3. The Balaban J connectivity index is 1.47. The van der Waals surface area contributed by atoms with Crippen LogP contribution in [0.3, 0.4) is 0 Å². The minimum atomic E-state index is -1.26. The Kier molecular flexibility index (Phi) is 6.12. The second-order valence-electron chi connectivity index (χ2n) is 6.64. The van der Waals surface area contributed by atoms with E-state index in [1.54, 1.807) is 0 Å². The van der Waals surface area contributed by atoms with Gasteiger partial charge in [0.05, 0.1) is 0 Å². The molecular weight excluding hydrogens is 482 g/mol. The summed E-state index contributed by atoms with van der Waals surface area (Å²) >= 11 is 3.63. The van der Waals surface area contributed by atoms with Crippen molar-refractivity contribution >= 4 is 69.5 Å². The first-order chi connectivity index (χ1) is 15.3. The summed E-state index contributed by atoms with van der Waals surface area (Å²) in [6, 6.07) is -0.993. The number of amides is 2. The monoisotopic (exact) mass is 497 g/mol. The maximum absolute atomic E-state index is 12.7. The first-order valence-electron chi connectivity index (χ1n) is 8.94. The third-order valence-corrected chi connectivity index (χ3v) is 7.80. The van der Waals surface area contributed by atoms with Gasteiger partial charge in [0.15, 0.2) is 10.8 Å². The second kappa shape index (κ2) is 8.84. The normalized spacial score (nSPS) is 22.8. The maximum Gasteiger partial charge on any atom is 0.352 e. The molecule has 168 valence electrons. The predicted molar refractivity (Wildman–Crippen MR) is 116 cm³/mol. The van der Waals surface area contributed by atoms with Gasteiger partial charge >= 0.3 is 11.9 Å². The number of nitrogens with one attached hydrogen (secondary N) is 1. The lowest BCUT2D eigenvalue weighted by atomic mass is 10.0. The highest BCUT2D eigenvalue weighted by Gasteiger charge is 2.54. The number of hydrogen-bond donors (Lipinski definition) is 4. The third-order valence-electron chi connectivity index (χ3n) is 4.68. The Morgan fingerprint density at radius 2 is 2.22 bits per heavy atom. The summed E-state index contributed by atoms with van der Waals surface area (Å²) in [5, 5.41) is 25.3. The number of ether oxygens (including phenoxy) is 1. The van der Waals surface area contributed by atoms with Crippen LogP contribution in [0.5, 0.6) is 0 Å². The molecule has 3 aliphatic rings. The molecule has 1 aromatic rings. The molecule has 1 aromatic heterocycles. The van der Waals surface area contributed by atoms with Crippen LogP contribution in [0.1, 0.15) is 5.69 Å². The van der Waals surface area contributed by atoms with E-state index in [2.05, 4.69) is 15.5 Å². The summed E-state index contributed by atoms with van der Waals surface area (Å²) in [4.78, 5) is 54.0. The Morgan fingerprint density at radius 1 is 1.44 bits per heavy atom. The first-order valence-corrected chi connectivity index (χ1v) is 11.9. The van der Waals surface area contributed by atoms with Crippen LogP contribution in [-0.2, 0) is 23.9 Å². The Bertz CT molecular complexity index is 1110. The lowest BCUT2D eigenvalue weighted by molar-refractivity contribution is -0.150. The second-order valence-corrected chi connectivity index (χ2v) is 9.74. The summed E-state index contributed by atoms with van der Waals surface area (Å²) in [5.74, 6) is -2.54. The minimum Gasteiger partial charge on any atom is -0.477 e. The summed E-state index contributed by atoms with van der Waals surface area (Å²) in [7, 11) is 0. The zero-order valence-corrected chi connectivity index (χ0v) is 18.5. The van der Waals surface area contributed by atoms with Crippen LogP contribution < -0.4 is 11.1 Å². The number of nitrogens with zero attached hydrogens (tertiary/aromatic N) is 3. The fourth-order valence-corrected chi connectivity index (χ4v) is 6.18. The van der Waals surface area contributed by atoms with Crippen LogP contribution in [0.2, 0.25) is 0 Å². The van der Waals surface area contributed by atoms with E-state index in [0.717, 1.165) is 16.2 Å². The lowest BCUT2D eigenvalue weighted by Gasteiger charge is -2.49. The molecule has 0 unspecified atom stereocenters. The molecule has 2 amide bonds. The molecular formula is C17H15N5O7S3. The smallest absolute Gasteiger partial charge is 0.352 e. The highest BCUT2D eigenvalue weighted by molar-refractivity contribution is 8.03. The van der Waals surface area contributed by atoms with Crippen molar-refractivity contribution in [2.24, 2.45) is 5.16 Å². The van der Waals surface area contributed by atoms with Crippen LogP contribution in [0, 0.1) is 0 Å². The summed E-state index contributed by atoms with van der Waals surface area (Å²) in [6.07, 6.45) is 1.35. The van der Waals surface area contributed by atoms with Gasteiger partial charge < -0.3 is 26.1 Å². The van der Waals surface area contributed by atoms with Crippen LogP contribution in [0.25, 0.3) is 0 Å². The molecule has 32 heavy (non-hydrogen) atoms. The lowest BCUT2D eigenvalue weighted by Crippen LogP contribution is -2.71. The predicted octanol–water partition coefficient (Wildman–Crippen LogP) is -0.184. The Hall–Kier alpha value is -3.04. The SMILES string of the molecule is Nc1nc(/C(=N\O)C(=O)N[C@@H]2C(=O)N3C(C(=O)O)=C(CSC4=CC(=O)OC4)CS[C@H]23)cs1.